The molecule has 9 heteroatoms. The van der Waals surface area contributed by atoms with E-state index in [1.807, 2.05) is 19.1 Å². The van der Waals surface area contributed by atoms with Gasteiger partial charge in [0.25, 0.3) is 5.91 Å². The lowest BCUT2D eigenvalue weighted by atomic mass is 10.1. The van der Waals surface area contributed by atoms with Crippen LogP contribution in [0.4, 0.5) is 18.9 Å². The van der Waals surface area contributed by atoms with E-state index in [2.05, 4.69) is 15.4 Å². The van der Waals surface area contributed by atoms with Crippen molar-refractivity contribution >= 4 is 22.6 Å². The van der Waals surface area contributed by atoms with Gasteiger partial charge in [-0.25, -0.2) is 0 Å². The number of amides is 1. The highest BCUT2D eigenvalue weighted by Gasteiger charge is 2.36. The first kappa shape index (κ1) is 19.7. The maximum absolute atomic E-state index is 13.5. The Balaban J connectivity index is 1.88. The Morgan fingerprint density at radius 2 is 1.86 bits per heavy atom. The third-order valence-corrected chi connectivity index (χ3v) is 4.24. The van der Waals surface area contributed by atoms with E-state index in [1.54, 1.807) is 12.1 Å². The first-order valence-electron chi connectivity index (χ1n) is 8.52. The fourth-order valence-electron chi connectivity index (χ4n) is 2.82. The number of hydrogen-bond donors (Lipinski definition) is 1. The van der Waals surface area contributed by atoms with Crippen LogP contribution in [-0.4, -0.2) is 26.8 Å². The Morgan fingerprint density at radius 3 is 2.46 bits per heavy atom. The zero-order chi connectivity index (χ0) is 20.6. The van der Waals surface area contributed by atoms with Gasteiger partial charge in [0.2, 0.25) is 5.88 Å². The van der Waals surface area contributed by atoms with Crippen molar-refractivity contribution in [2.75, 3.05) is 5.32 Å². The van der Waals surface area contributed by atoms with E-state index in [9.17, 15) is 18.0 Å². The standard InChI is InChI=1S/C19H19F3N4O2/c1-10-5-7-13(8-6-10)23-18(27)12(3)28-15-9-14(19(20,21)22)16-11(2)25-26(4)17(16)24-15/h5-9,12H,1-4H3,(H,23,27). The molecule has 0 aliphatic heterocycles. The number of nitrogens with one attached hydrogen (secondary N) is 1. The molecule has 0 fully saturated rings. The second kappa shape index (κ2) is 7.14. The molecule has 1 N–H and O–H groups in total. The first-order valence-corrected chi connectivity index (χ1v) is 8.52. The average Bonchev–Trinajstić information content (AvgIpc) is 2.89. The second-order valence-electron chi connectivity index (χ2n) is 6.53. The van der Waals surface area contributed by atoms with Crippen molar-refractivity contribution in [3.8, 4) is 5.88 Å². The van der Waals surface area contributed by atoms with Gasteiger partial charge in [0.15, 0.2) is 11.8 Å². The van der Waals surface area contributed by atoms with Crippen LogP contribution in [0.1, 0.15) is 23.7 Å². The van der Waals surface area contributed by atoms with Crippen molar-refractivity contribution in [1.29, 1.82) is 0 Å². The topological polar surface area (TPSA) is 69.0 Å². The molecular formula is C19H19F3N4O2. The lowest BCUT2D eigenvalue weighted by Gasteiger charge is -2.16. The Kier molecular flexibility index (Phi) is 5.01. The molecule has 1 unspecified atom stereocenters. The number of alkyl halides is 3. The number of nitrogens with zero attached hydrogens (tertiary/aromatic N) is 3. The van der Waals surface area contributed by atoms with Crippen LogP contribution < -0.4 is 10.1 Å². The molecule has 0 aliphatic carbocycles. The summed E-state index contributed by atoms with van der Waals surface area (Å²) >= 11 is 0. The van der Waals surface area contributed by atoms with E-state index in [1.165, 1.54) is 25.6 Å². The number of fused-ring (bicyclic) bond motifs is 1. The smallest absolute Gasteiger partial charge is 0.417 e. The van der Waals surface area contributed by atoms with Gasteiger partial charge in [0.1, 0.15) is 0 Å². The number of aryl methyl sites for hydroxylation is 3. The molecule has 2 heterocycles. The largest absolute Gasteiger partial charge is 0.464 e. The zero-order valence-electron chi connectivity index (χ0n) is 15.8. The van der Waals surface area contributed by atoms with Gasteiger partial charge in [-0.05, 0) is 32.9 Å². The summed E-state index contributed by atoms with van der Waals surface area (Å²) in [6.07, 6.45) is -5.66. The van der Waals surface area contributed by atoms with E-state index in [0.29, 0.717) is 5.69 Å². The average molecular weight is 392 g/mol. The summed E-state index contributed by atoms with van der Waals surface area (Å²) in [7, 11) is 1.50. The molecule has 0 saturated heterocycles. The van der Waals surface area contributed by atoms with E-state index in [4.69, 9.17) is 4.74 Å². The molecule has 148 valence electrons. The Labute approximate surface area is 159 Å². The van der Waals surface area contributed by atoms with Crippen LogP contribution in [0.5, 0.6) is 5.88 Å². The van der Waals surface area contributed by atoms with Crippen LogP contribution in [-0.2, 0) is 18.0 Å². The van der Waals surface area contributed by atoms with Crippen LogP contribution in [0.3, 0.4) is 0 Å². The van der Waals surface area contributed by atoms with Crippen LogP contribution in [0.25, 0.3) is 11.0 Å². The van der Waals surface area contributed by atoms with Gasteiger partial charge in [-0.15, -0.1) is 0 Å². The van der Waals surface area contributed by atoms with Gasteiger partial charge in [-0.3, -0.25) is 9.48 Å². The molecule has 2 aromatic heterocycles. The highest BCUT2D eigenvalue weighted by molar-refractivity contribution is 5.94. The SMILES string of the molecule is Cc1ccc(NC(=O)C(C)Oc2cc(C(F)(F)F)c3c(C)nn(C)c3n2)cc1. The molecule has 0 saturated carbocycles. The van der Waals surface area contributed by atoms with Crippen molar-refractivity contribution in [3.63, 3.8) is 0 Å². The summed E-state index contributed by atoms with van der Waals surface area (Å²) < 4.78 is 47.2. The van der Waals surface area contributed by atoms with E-state index < -0.39 is 23.8 Å². The molecule has 1 atom stereocenters. The molecule has 3 rings (SSSR count). The highest BCUT2D eigenvalue weighted by Crippen LogP contribution is 2.37. The monoisotopic (exact) mass is 392 g/mol. The molecule has 3 aromatic rings. The van der Waals surface area contributed by atoms with Crippen molar-refractivity contribution in [2.45, 2.75) is 33.1 Å². The van der Waals surface area contributed by atoms with Gasteiger partial charge in [-0.2, -0.15) is 23.3 Å². The second-order valence-corrected chi connectivity index (χ2v) is 6.53. The molecule has 1 amide bonds. The van der Waals surface area contributed by atoms with Crippen LogP contribution in [0, 0.1) is 13.8 Å². The van der Waals surface area contributed by atoms with Gasteiger partial charge < -0.3 is 10.1 Å². The summed E-state index contributed by atoms with van der Waals surface area (Å²) in [6, 6.07) is 7.91. The summed E-state index contributed by atoms with van der Waals surface area (Å²) in [6.45, 7) is 4.84. The van der Waals surface area contributed by atoms with Crippen molar-refractivity contribution in [2.24, 2.45) is 7.05 Å². The molecule has 1 aromatic carbocycles. The zero-order valence-corrected chi connectivity index (χ0v) is 15.8. The van der Waals surface area contributed by atoms with Gasteiger partial charge in [-0.1, -0.05) is 17.7 Å². The fraction of sp³-hybridized carbons (Fsp3) is 0.316. The van der Waals surface area contributed by atoms with Gasteiger partial charge in [0.05, 0.1) is 16.6 Å². The minimum Gasteiger partial charge on any atom is -0.464 e. The number of rotatable bonds is 4. The quantitative estimate of drug-likeness (QED) is 0.728. The minimum atomic E-state index is -4.61. The number of pyridine rings is 1. The predicted molar refractivity (Wildman–Crippen MR) is 98.1 cm³/mol. The summed E-state index contributed by atoms with van der Waals surface area (Å²) in [5.41, 5.74) is 0.949. The number of anilines is 1. The maximum atomic E-state index is 13.5. The number of aromatic nitrogens is 3. The Hall–Kier alpha value is -3.10. The number of halogens is 3. The molecule has 0 bridgehead atoms. The predicted octanol–water partition coefficient (Wildman–Crippen LogP) is 4.01. The Bertz CT molecular complexity index is 1030. The van der Waals surface area contributed by atoms with Crippen molar-refractivity contribution < 1.29 is 22.7 Å². The summed E-state index contributed by atoms with van der Waals surface area (Å²) in [5.74, 6) is -0.796. The van der Waals surface area contributed by atoms with Gasteiger partial charge >= 0.3 is 6.18 Å². The van der Waals surface area contributed by atoms with Crippen LogP contribution in [0.15, 0.2) is 30.3 Å². The molecule has 0 radical (unpaired) electrons. The number of hydrogen-bond acceptors (Lipinski definition) is 4. The lowest BCUT2D eigenvalue weighted by Crippen LogP contribution is -2.30. The summed E-state index contributed by atoms with van der Waals surface area (Å²) in [4.78, 5) is 16.4. The van der Waals surface area contributed by atoms with Gasteiger partial charge in [0, 0.05) is 18.8 Å². The Morgan fingerprint density at radius 1 is 1.21 bits per heavy atom. The highest BCUT2D eigenvalue weighted by atomic mass is 19.4. The van der Waals surface area contributed by atoms with E-state index in [-0.39, 0.29) is 22.6 Å². The summed E-state index contributed by atoms with van der Waals surface area (Å²) in [5, 5.41) is 6.57. The fourth-order valence-corrected chi connectivity index (χ4v) is 2.82. The van der Waals surface area contributed by atoms with E-state index >= 15 is 0 Å². The molecule has 0 aliphatic rings. The molecular weight excluding hydrogens is 373 g/mol. The van der Waals surface area contributed by atoms with Crippen molar-refractivity contribution in [3.05, 3.63) is 47.2 Å². The molecule has 28 heavy (non-hydrogen) atoms. The van der Waals surface area contributed by atoms with Crippen LogP contribution >= 0.6 is 0 Å². The first-order chi connectivity index (χ1) is 13.1. The van der Waals surface area contributed by atoms with Crippen molar-refractivity contribution in [1.82, 2.24) is 14.8 Å². The van der Waals surface area contributed by atoms with E-state index in [0.717, 1.165) is 11.6 Å². The number of benzene rings is 1. The number of carbonyl (C=O) groups is 1. The van der Waals surface area contributed by atoms with Crippen LogP contribution in [0.2, 0.25) is 0 Å². The minimum absolute atomic E-state index is 0.0356. The number of carbonyl (C=O) groups excluding carboxylic acids is 1. The normalized spacial score (nSPS) is 12.8. The third-order valence-electron chi connectivity index (χ3n) is 4.24. The lowest BCUT2D eigenvalue weighted by molar-refractivity contribution is -0.136. The third kappa shape index (κ3) is 3.92. The number of ether oxygens (including phenoxy) is 1. The molecule has 6 nitrogen and oxygen atoms in total. The molecule has 0 spiro atoms. The maximum Gasteiger partial charge on any atom is 0.417 e.